The molecule has 1 atom stereocenters. The third-order valence-electron chi connectivity index (χ3n) is 7.58. The number of aromatic nitrogens is 5. The smallest absolute Gasteiger partial charge is 0.263 e. The van der Waals surface area contributed by atoms with Gasteiger partial charge in [-0.25, -0.2) is 19.9 Å². The summed E-state index contributed by atoms with van der Waals surface area (Å²) in [5.74, 6) is 1.92. The highest BCUT2D eigenvalue weighted by molar-refractivity contribution is 5.96. The maximum absolute atomic E-state index is 14.4. The van der Waals surface area contributed by atoms with Gasteiger partial charge in [0.1, 0.15) is 18.0 Å². The monoisotopic (exact) mass is 535 g/mol. The Morgan fingerprint density at radius 2 is 1.76 bits per heavy atom. The molecule has 1 aliphatic rings. The molecule has 0 bridgehead atoms. The molecule has 0 saturated heterocycles. The summed E-state index contributed by atoms with van der Waals surface area (Å²) in [6.07, 6.45) is 7.42. The van der Waals surface area contributed by atoms with Crippen LogP contribution in [0.1, 0.15) is 48.8 Å². The first-order valence-electron chi connectivity index (χ1n) is 13.6. The molecule has 0 unspecified atom stereocenters. The van der Waals surface area contributed by atoms with Gasteiger partial charge >= 0.3 is 0 Å². The molecular weight excluding hydrogens is 510 g/mol. The van der Waals surface area contributed by atoms with Gasteiger partial charge in [0.05, 0.1) is 28.6 Å². The first-order chi connectivity index (χ1) is 20.1. The van der Waals surface area contributed by atoms with Gasteiger partial charge < -0.3 is 5.32 Å². The van der Waals surface area contributed by atoms with E-state index in [9.17, 15) is 10.1 Å². The summed E-state index contributed by atoms with van der Waals surface area (Å²) in [4.78, 5) is 32.4. The number of nitrogens with one attached hydrogen (secondary N) is 1. The van der Waals surface area contributed by atoms with Crippen LogP contribution in [-0.2, 0) is 0 Å². The van der Waals surface area contributed by atoms with Crippen LogP contribution in [0.3, 0.4) is 0 Å². The predicted octanol–water partition coefficient (Wildman–Crippen LogP) is 6.31. The fourth-order valence-electron chi connectivity index (χ4n) is 5.33. The largest absolute Gasteiger partial charge is 0.361 e. The van der Waals surface area contributed by atoms with Crippen LogP contribution in [0.25, 0.3) is 38.5 Å². The number of nitrogens with zero attached hydrogens (tertiary/aromatic N) is 6. The summed E-state index contributed by atoms with van der Waals surface area (Å²) in [6.45, 7) is 2.00. The Balaban J connectivity index is 1.39. The lowest BCUT2D eigenvalue weighted by atomic mass is 9.99. The van der Waals surface area contributed by atoms with E-state index in [1.165, 1.54) is 6.33 Å². The summed E-state index contributed by atoms with van der Waals surface area (Å²) in [6, 6.07) is 24.7. The first-order valence-corrected chi connectivity index (χ1v) is 13.6. The molecule has 1 aliphatic carbocycles. The van der Waals surface area contributed by atoms with Gasteiger partial charge in [0.2, 0.25) is 0 Å². The Bertz CT molecular complexity index is 2020. The normalized spacial score (nSPS) is 13.7. The number of rotatable bonds is 6. The highest BCUT2D eigenvalue weighted by Gasteiger charge is 2.26. The number of pyridine rings is 1. The number of anilines is 1. The van der Waals surface area contributed by atoms with Crippen molar-refractivity contribution >= 4 is 27.5 Å². The second kappa shape index (κ2) is 9.96. The van der Waals surface area contributed by atoms with Crippen molar-refractivity contribution in [3.63, 3.8) is 0 Å². The second-order valence-corrected chi connectivity index (χ2v) is 10.4. The molecular formula is C33H25N7O. The molecule has 1 saturated carbocycles. The molecule has 0 radical (unpaired) electrons. The van der Waals surface area contributed by atoms with Gasteiger partial charge in [-0.15, -0.1) is 0 Å². The summed E-state index contributed by atoms with van der Waals surface area (Å²) < 4.78 is 1.76. The van der Waals surface area contributed by atoms with E-state index in [2.05, 4.69) is 37.4 Å². The molecule has 198 valence electrons. The molecule has 8 nitrogen and oxygen atoms in total. The lowest BCUT2D eigenvalue weighted by molar-refractivity contribution is 0.774. The molecule has 0 spiro atoms. The fraction of sp³-hybridized carbons (Fsp3) is 0.152. The molecule has 3 heterocycles. The molecule has 1 N–H and O–H groups in total. The van der Waals surface area contributed by atoms with Gasteiger partial charge in [-0.1, -0.05) is 36.4 Å². The zero-order valence-electron chi connectivity index (χ0n) is 22.3. The fourth-order valence-corrected chi connectivity index (χ4v) is 5.33. The van der Waals surface area contributed by atoms with Crippen LogP contribution in [0, 0.1) is 11.3 Å². The standard InChI is InChI=1S/C33H25N7O/c1-20(39-32-27-14-21(16-34)10-13-28(27)37-19-38-32)29-15-23-6-5-9-26(24-17-35-31(36-18-24)22-11-12-22)30(23)33(41)40(29)25-7-3-2-4-8-25/h2-10,13-15,17-20,22H,11-12H2,1H3,(H,37,38,39)/t20-/m0/s1. The van der Waals surface area contributed by atoms with E-state index in [1.807, 2.05) is 73.9 Å². The number of benzene rings is 3. The third kappa shape index (κ3) is 4.47. The van der Waals surface area contributed by atoms with Crippen LogP contribution in [0.2, 0.25) is 0 Å². The highest BCUT2D eigenvalue weighted by Crippen LogP contribution is 2.38. The summed E-state index contributed by atoms with van der Waals surface area (Å²) in [5.41, 5.74) is 4.28. The van der Waals surface area contributed by atoms with Gasteiger partial charge in [-0.05, 0) is 67.1 Å². The predicted molar refractivity (Wildman–Crippen MR) is 159 cm³/mol. The van der Waals surface area contributed by atoms with E-state index in [0.29, 0.717) is 22.7 Å². The summed E-state index contributed by atoms with van der Waals surface area (Å²) in [5, 5.41) is 15.1. The summed E-state index contributed by atoms with van der Waals surface area (Å²) >= 11 is 0. The average molecular weight is 536 g/mol. The number of hydrogen-bond donors (Lipinski definition) is 1. The van der Waals surface area contributed by atoms with E-state index < -0.39 is 0 Å². The van der Waals surface area contributed by atoms with Gasteiger partial charge in [0.25, 0.3) is 5.56 Å². The van der Waals surface area contributed by atoms with Crippen LogP contribution < -0.4 is 10.9 Å². The van der Waals surface area contributed by atoms with Gasteiger partial charge in [0, 0.05) is 40.6 Å². The van der Waals surface area contributed by atoms with Crippen LogP contribution in [-0.4, -0.2) is 24.5 Å². The van der Waals surface area contributed by atoms with Crippen molar-refractivity contribution in [3.8, 4) is 22.9 Å². The Morgan fingerprint density at radius 3 is 2.51 bits per heavy atom. The minimum Gasteiger partial charge on any atom is -0.361 e. The SMILES string of the molecule is C[C@H](Nc1ncnc2ccc(C#N)cc12)c1cc2cccc(-c3cnc(C4CC4)nc3)c2c(=O)n1-c1ccccc1. The molecule has 0 aliphatic heterocycles. The van der Waals surface area contributed by atoms with Crippen molar-refractivity contribution in [2.24, 2.45) is 0 Å². The van der Waals surface area contributed by atoms with Gasteiger partial charge in [0.15, 0.2) is 0 Å². The van der Waals surface area contributed by atoms with Crippen molar-refractivity contribution in [1.29, 1.82) is 5.26 Å². The molecule has 1 fully saturated rings. The molecule has 8 heteroatoms. The molecule has 6 aromatic rings. The van der Waals surface area contributed by atoms with Crippen molar-refractivity contribution in [2.45, 2.75) is 31.7 Å². The highest BCUT2D eigenvalue weighted by atomic mass is 16.1. The first kappa shape index (κ1) is 24.6. The van der Waals surface area contributed by atoms with Gasteiger partial charge in [-0.3, -0.25) is 9.36 Å². The molecule has 41 heavy (non-hydrogen) atoms. The Hall–Kier alpha value is -5.42. The number of nitriles is 1. The third-order valence-corrected chi connectivity index (χ3v) is 7.58. The Morgan fingerprint density at radius 1 is 0.951 bits per heavy atom. The summed E-state index contributed by atoms with van der Waals surface area (Å²) in [7, 11) is 0. The molecule has 0 amide bonds. The van der Waals surface area contributed by atoms with Crippen LogP contribution >= 0.6 is 0 Å². The van der Waals surface area contributed by atoms with E-state index in [1.54, 1.807) is 16.7 Å². The minimum absolute atomic E-state index is 0.126. The van der Waals surface area contributed by atoms with E-state index in [-0.39, 0.29) is 11.6 Å². The lowest BCUT2D eigenvalue weighted by Crippen LogP contribution is -2.26. The molecule has 3 aromatic heterocycles. The second-order valence-electron chi connectivity index (χ2n) is 10.4. The van der Waals surface area contributed by atoms with E-state index >= 15 is 0 Å². The maximum Gasteiger partial charge on any atom is 0.263 e. The van der Waals surface area contributed by atoms with Crippen molar-refractivity contribution in [3.05, 3.63) is 119 Å². The molecule has 3 aromatic carbocycles. The van der Waals surface area contributed by atoms with Crippen LogP contribution in [0.4, 0.5) is 5.82 Å². The Kier molecular flexibility index (Phi) is 5.98. The maximum atomic E-state index is 14.4. The topological polar surface area (TPSA) is 109 Å². The number of para-hydroxylation sites is 1. The number of hydrogen-bond acceptors (Lipinski definition) is 7. The van der Waals surface area contributed by atoms with Crippen LogP contribution in [0.5, 0.6) is 0 Å². The van der Waals surface area contributed by atoms with Crippen LogP contribution in [0.15, 0.2) is 96.3 Å². The zero-order chi connectivity index (χ0) is 27.9. The van der Waals surface area contributed by atoms with Crippen molar-refractivity contribution in [2.75, 3.05) is 5.32 Å². The van der Waals surface area contributed by atoms with Gasteiger partial charge in [-0.2, -0.15) is 5.26 Å². The quantitative estimate of drug-likeness (QED) is 0.266. The average Bonchev–Trinajstić information content (AvgIpc) is 3.87. The van der Waals surface area contributed by atoms with E-state index in [4.69, 9.17) is 0 Å². The van der Waals surface area contributed by atoms with Crippen molar-refractivity contribution in [1.82, 2.24) is 24.5 Å². The zero-order valence-corrected chi connectivity index (χ0v) is 22.3. The minimum atomic E-state index is -0.319. The Labute approximate surface area is 236 Å². The van der Waals surface area contributed by atoms with E-state index in [0.717, 1.165) is 57.5 Å². The lowest BCUT2D eigenvalue weighted by Gasteiger charge is -2.22. The number of fused-ring (bicyclic) bond motifs is 2. The molecule has 7 rings (SSSR count). The van der Waals surface area contributed by atoms with Crippen molar-refractivity contribution < 1.29 is 0 Å².